The summed E-state index contributed by atoms with van der Waals surface area (Å²) in [6.07, 6.45) is 1.09. The van der Waals surface area contributed by atoms with Crippen LogP contribution in [0.15, 0.2) is 33.6 Å². The maximum absolute atomic E-state index is 12.5. The standard InChI is InChI=1S/C11H14F5NOS2/c1-11(2,3)19(18)17-8-9-4-6-10(7-5-9)20(12,13,14,15)16/h4-8H,1-3H3/b17-8-. The Labute approximate surface area is 116 Å². The first-order valence-corrected chi connectivity index (χ1v) is 8.46. The van der Waals surface area contributed by atoms with Gasteiger partial charge in [-0.05, 0) is 38.5 Å². The Morgan fingerprint density at radius 3 is 1.85 bits per heavy atom. The summed E-state index contributed by atoms with van der Waals surface area (Å²) >= 11 is 0. The van der Waals surface area contributed by atoms with Crippen molar-refractivity contribution >= 4 is 27.4 Å². The van der Waals surface area contributed by atoms with E-state index in [-0.39, 0.29) is 5.56 Å². The molecule has 1 aromatic rings. The Hall–Kier alpha value is -0.960. The molecule has 0 aliphatic carbocycles. The van der Waals surface area contributed by atoms with Crippen LogP contribution in [0, 0.1) is 0 Å². The molecule has 0 amide bonds. The van der Waals surface area contributed by atoms with Crippen molar-refractivity contribution in [1.29, 1.82) is 0 Å². The van der Waals surface area contributed by atoms with Crippen LogP contribution in [0.4, 0.5) is 19.4 Å². The first-order chi connectivity index (χ1) is 8.59. The van der Waals surface area contributed by atoms with Crippen molar-refractivity contribution in [3.63, 3.8) is 0 Å². The van der Waals surface area contributed by atoms with Crippen LogP contribution in [0.5, 0.6) is 0 Å². The minimum atomic E-state index is -9.64. The van der Waals surface area contributed by atoms with E-state index in [2.05, 4.69) is 4.40 Å². The maximum Gasteiger partial charge on any atom is 0.310 e. The number of hydrogen-bond donors (Lipinski definition) is 0. The minimum absolute atomic E-state index is 0.160. The summed E-state index contributed by atoms with van der Waals surface area (Å²) in [7, 11) is -11.2. The lowest BCUT2D eigenvalue weighted by Gasteiger charge is -2.40. The van der Waals surface area contributed by atoms with Crippen LogP contribution in [0.1, 0.15) is 26.3 Å². The van der Waals surface area contributed by atoms with Gasteiger partial charge in [0.2, 0.25) is 0 Å². The largest absolute Gasteiger partial charge is 0.310 e. The van der Waals surface area contributed by atoms with Crippen molar-refractivity contribution in [3.8, 4) is 0 Å². The highest BCUT2D eigenvalue weighted by molar-refractivity contribution is 8.45. The van der Waals surface area contributed by atoms with E-state index in [9.17, 15) is 23.6 Å². The summed E-state index contributed by atoms with van der Waals surface area (Å²) < 4.78 is 77.0. The van der Waals surface area contributed by atoms with Gasteiger partial charge in [0.05, 0.1) is 4.75 Å². The molecule has 1 unspecified atom stereocenters. The van der Waals surface area contributed by atoms with E-state index < -0.39 is 30.9 Å². The zero-order valence-corrected chi connectivity index (χ0v) is 12.6. The van der Waals surface area contributed by atoms with Crippen molar-refractivity contribution in [1.82, 2.24) is 0 Å². The van der Waals surface area contributed by atoms with Crippen molar-refractivity contribution in [2.75, 3.05) is 0 Å². The fraction of sp³-hybridized carbons (Fsp3) is 0.364. The lowest BCUT2D eigenvalue weighted by Crippen LogP contribution is -2.19. The van der Waals surface area contributed by atoms with Crippen LogP contribution in [-0.4, -0.2) is 15.2 Å². The lowest BCUT2D eigenvalue weighted by atomic mass is 10.2. The third-order valence-corrected chi connectivity index (χ3v) is 4.65. The van der Waals surface area contributed by atoms with Gasteiger partial charge in [-0.25, -0.2) is 4.21 Å². The van der Waals surface area contributed by atoms with Crippen LogP contribution in [0.2, 0.25) is 0 Å². The number of benzene rings is 1. The molecule has 9 heteroatoms. The van der Waals surface area contributed by atoms with Gasteiger partial charge in [0, 0.05) is 6.21 Å². The molecule has 0 radical (unpaired) electrons. The molecule has 0 fully saturated rings. The van der Waals surface area contributed by atoms with Crippen molar-refractivity contribution in [2.45, 2.75) is 30.4 Å². The van der Waals surface area contributed by atoms with Crippen LogP contribution < -0.4 is 0 Å². The highest BCUT2D eigenvalue weighted by atomic mass is 32.5. The molecular formula is C11H14F5NOS2. The molecule has 0 saturated heterocycles. The molecule has 0 spiro atoms. The minimum Gasteiger partial charge on any atom is -0.234 e. The van der Waals surface area contributed by atoms with Gasteiger partial charge >= 0.3 is 10.2 Å². The number of rotatable bonds is 3. The summed E-state index contributed by atoms with van der Waals surface area (Å²) in [6.45, 7) is 5.03. The summed E-state index contributed by atoms with van der Waals surface area (Å²) in [6, 6.07) is 2.30. The summed E-state index contributed by atoms with van der Waals surface area (Å²) in [5.41, 5.74) is 0.160. The third kappa shape index (κ3) is 4.86. The molecule has 0 saturated carbocycles. The summed E-state index contributed by atoms with van der Waals surface area (Å²) in [5, 5.41) is 0. The van der Waals surface area contributed by atoms with E-state index in [1.165, 1.54) is 0 Å². The van der Waals surface area contributed by atoms with Gasteiger partial charge < -0.3 is 0 Å². The van der Waals surface area contributed by atoms with Gasteiger partial charge in [0.15, 0.2) is 0 Å². The van der Waals surface area contributed by atoms with Crippen molar-refractivity contribution in [2.24, 2.45) is 4.40 Å². The second kappa shape index (κ2) is 4.27. The molecular weight excluding hydrogens is 321 g/mol. The predicted molar refractivity (Wildman–Crippen MR) is 73.3 cm³/mol. The lowest BCUT2D eigenvalue weighted by molar-refractivity contribution is 0.364. The van der Waals surface area contributed by atoms with Gasteiger partial charge in [-0.3, -0.25) is 0 Å². The zero-order valence-electron chi connectivity index (χ0n) is 10.9. The Balaban J connectivity index is 3.01. The Morgan fingerprint density at radius 2 is 1.50 bits per heavy atom. The SMILES string of the molecule is CC(C)(C)S(=O)/N=C\c1ccc(S(F)(F)(F)(F)F)cc1. The van der Waals surface area contributed by atoms with Crippen LogP contribution >= 0.6 is 10.2 Å². The molecule has 0 bridgehead atoms. The van der Waals surface area contributed by atoms with E-state index in [0.29, 0.717) is 12.1 Å². The second-order valence-corrected chi connectivity index (χ2v) is 9.48. The van der Waals surface area contributed by atoms with Crippen LogP contribution in [-0.2, 0) is 11.0 Å². The molecule has 1 rings (SSSR count). The monoisotopic (exact) mass is 335 g/mol. The Morgan fingerprint density at radius 1 is 1.05 bits per heavy atom. The highest BCUT2D eigenvalue weighted by Crippen LogP contribution is 3.02. The number of nitrogens with zero attached hydrogens (tertiary/aromatic N) is 1. The predicted octanol–water partition coefficient (Wildman–Crippen LogP) is 5.23. The zero-order chi connectivity index (χ0) is 15.9. The number of halogens is 5. The molecule has 1 aromatic carbocycles. The maximum atomic E-state index is 12.5. The van der Waals surface area contributed by atoms with Gasteiger partial charge in [-0.1, -0.05) is 31.6 Å². The van der Waals surface area contributed by atoms with Gasteiger partial charge in [0.25, 0.3) is 0 Å². The topological polar surface area (TPSA) is 29.4 Å². The normalized spacial score (nSPS) is 18.6. The molecule has 0 N–H and O–H groups in total. The Kier molecular flexibility index (Phi) is 3.65. The van der Waals surface area contributed by atoms with E-state index in [4.69, 9.17) is 0 Å². The van der Waals surface area contributed by atoms with E-state index in [1.807, 2.05) is 0 Å². The van der Waals surface area contributed by atoms with E-state index >= 15 is 0 Å². The molecule has 1 atom stereocenters. The van der Waals surface area contributed by atoms with Gasteiger partial charge in [-0.2, -0.15) is 4.40 Å². The first kappa shape index (κ1) is 17.1. The average molecular weight is 335 g/mol. The number of hydrogen-bond acceptors (Lipinski definition) is 1. The van der Waals surface area contributed by atoms with Crippen LogP contribution in [0.25, 0.3) is 0 Å². The van der Waals surface area contributed by atoms with Crippen molar-refractivity contribution in [3.05, 3.63) is 29.8 Å². The van der Waals surface area contributed by atoms with E-state index in [0.717, 1.165) is 18.3 Å². The van der Waals surface area contributed by atoms with E-state index in [1.54, 1.807) is 20.8 Å². The molecule has 2 nitrogen and oxygen atoms in total. The highest BCUT2D eigenvalue weighted by Gasteiger charge is 2.65. The molecule has 116 valence electrons. The van der Waals surface area contributed by atoms with Crippen LogP contribution in [0.3, 0.4) is 0 Å². The smallest absolute Gasteiger partial charge is 0.234 e. The second-order valence-electron chi connectivity index (χ2n) is 5.13. The molecule has 0 heterocycles. The molecule has 0 aliphatic heterocycles. The quantitative estimate of drug-likeness (QED) is 0.550. The van der Waals surface area contributed by atoms with Gasteiger partial charge in [-0.15, -0.1) is 0 Å². The summed E-state index contributed by atoms with van der Waals surface area (Å²) in [4.78, 5) is -1.96. The fourth-order valence-corrected chi connectivity index (χ4v) is 2.26. The third-order valence-electron chi connectivity index (χ3n) is 2.15. The van der Waals surface area contributed by atoms with Crippen molar-refractivity contribution < 1.29 is 23.6 Å². The Bertz CT molecular complexity index is 557. The first-order valence-electron chi connectivity index (χ1n) is 5.40. The summed E-state index contributed by atoms with van der Waals surface area (Å²) in [5.74, 6) is 0. The molecule has 20 heavy (non-hydrogen) atoms. The van der Waals surface area contributed by atoms with Gasteiger partial charge in [0.1, 0.15) is 15.9 Å². The fourth-order valence-electron chi connectivity index (χ4n) is 1.08. The average Bonchev–Trinajstić information content (AvgIpc) is 2.22. The molecule has 0 aliphatic rings. The molecule has 0 aromatic heterocycles.